The van der Waals surface area contributed by atoms with Gasteiger partial charge in [-0.3, -0.25) is 9.88 Å². The molecule has 0 radical (unpaired) electrons. The normalized spacial score (nSPS) is 12.4. The second kappa shape index (κ2) is 8.41. The summed E-state index contributed by atoms with van der Waals surface area (Å²) in [6, 6.07) is 4.40. The molecule has 2 aromatic heterocycles. The Morgan fingerprint density at radius 3 is 2.45 bits per heavy atom. The Morgan fingerprint density at radius 2 is 1.91 bits per heavy atom. The standard InChI is InChI=1S/C16H22N4O2/c1-3-15(12-21)20(10-13-5-4-6-17-7-13)11-14-8-18-16(22-2)19-9-14/h4-9,15,21H,3,10-12H2,1-2H3/t15-/m0/s1. The first-order chi connectivity index (χ1) is 10.8. The van der Waals surface area contributed by atoms with Gasteiger partial charge in [0.1, 0.15) is 0 Å². The van der Waals surface area contributed by atoms with Gasteiger partial charge in [0.05, 0.1) is 13.7 Å². The number of ether oxygens (including phenoxy) is 1. The number of methoxy groups -OCH3 is 1. The Balaban J connectivity index is 2.12. The fourth-order valence-corrected chi connectivity index (χ4v) is 2.31. The van der Waals surface area contributed by atoms with Crippen LogP contribution >= 0.6 is 0 Å². The number of aliphatic hydroxyl groups excluding tert-OH is 1. The van der Waals surface area contributed by atoms with Crippen molar-refractivity contribution in [1.29, 1.82) is 0 Å². The summed E-state index contributed by atoms with van der Waals surface area (Å²) in [5.41, 5.74) is 2.10. The maximum Gasteiger partial charge on any atom is 0.316 e. The minimum absolute atomic E-state index is 0.0855. The highest BCUT2D eigenvalue weighted by Crippen LogP contribution is 2.14. The number of hydrogen-bond acceptors (Lipinski definition) is 6. The molecule has 22 heavy (non-hydrogen) atoms. The Kier molecular flexibility index (Phi) is 6.24. The van der Waals surface area contributed by atoms with Crippen LogP contribution in [0.2, 0.25) is 0 Å². The van der Waals surface area contributed by atoms with E-state index in [0.717, 1.165) is 24.1 Å². The Hall–Kier alpha value is -2.05. The predicted molar refractivity (Wildman–Crippen MR) is 83.2 cm³/mol. The smallest absolute Gasteiger partial charge is 0.316 e. The summed E-state index contributed by atoms with van der Waals surface area (Å²) >= 11 is 0. The largest absolute Gasteiger partial charge is 0.467 e. The van der Waals surface area contributed by atoms with Gasteiger partial charge >= 0.3 is 6.01 Å². The SMILES string of the molecule is CC[C@@H](CO)N(Cc1cccnc1)Cc1cnc(OC)nc1. The van der Waals surface area contributed by atoms with Gasteiger partial charge in [-0.05, 0) is 18.1 Å². The van der Waals surface area contributed by atoms with Gasteiger partial charge in [0.2, 0.25) is 0 Å². The number of rotatable bonds is 8. The fraction of sp³-hybridized carbons (Fsp3) is 0.438. The molecule has 6 heteroatoms. The van der Waals surface area contributed by atoms with E-state index in [9.17, 15) is 5.11 Å². The van der Waals surface area contributed by atoms with Crippen molar-refractivity contribution < 1.29 is 9.84 Å². The van der Waals surface area contributed by atoms with Gasteiger partial charge in [-0.2, -0.15) is 0 Å². The molecule has 118 valence electrons. The minimum Gasteiger partial charge on any atom is -0.467 e. The second-order valence-electron chi connectivity index (χ2n) is 5.09. The van der Waals surface area contributed by atoms with E-state index in [1.54, 1.807) is 25.7 Å². The van der Waals surface area contributed by atoms with Crippen LogP contribution in [-0.4, -0.2) is 44.7 Å². The van der Waals surface area contributed by atoms with Crippen LogP contribution in [-0.2, 0) is 13.1 Å². The number of nitrogens with zero attached hydrogens (tertiary/aromatic N) is 4. The molecule has 0 amide bonds. The fourth-order valence-electron chi connectivity index (χ4n) is 2.31. The number of hydrogen-bond donors (Lipinski definition) is 1. The van der Waals surface area contributed by atoms with Crippen LogP contribution in [0.4, 0.5) is 0 Å². The van der Waals surface area contributed by atoms with Crippen LogP contribution in [0, 0.1) is 0 Å². The van der Waals surface area contributed by atoms with Crippen molar-refractivity contribution in [3.63, 3.8) is 0 Å². The molecule has 2 heterocycles. The lowest BCUT2D eigenvalue weighted by molar-refractivity contribution is 0.106. The summed E-state index contributed by atoms with van der Waals surface area (Å²) in [4.78, 5) is 14.6. The monoisotopic (exact) mass is 302 g/mol. The van der Waals surface area contributed by atoms with E-state index >= 15 is 0 Å². The molecule has 1 N–H and O–H groups in total. The van der Waals surface area contributed by atoms with Crippen LogP contribution in [0.3, 0.4) is 0 Å². The summed E-state index contributed by atoms with van der Waals surface area (Å²) in [5.74, 6) is 0. The van der Waals surface area contributed by atoms with E-state index in [1.807, 2.05) is 18.3 Å². The molecule has 1 atom stereocenters. The molecule has 2 aromatic rings. The quantitative estimate of drug-likeness (QED) is 0.799. The highest BCUT2D eigenvalue weighted by Gasteiger charge is 2.17. The van der Waals surface area contributed by atoms with E-state index in [4.69, 9.17) is 4.74 Å². The van der Waals surface area contributed by atoms with E-state index in [2.05, 4.69) is 26.8 Å². The van der Waals surface area contributed by atoms with Gasteiger partial charge in [-0.15, -0.1) is 0 Å². The third-order valence-corrected chi connectivity index (χ3v) is 3.56. The Bertz CT molecular complexity index is 544. The van der Waals surface area contributed by atoms with Gasteiger partial charge in [-0.1, -0.05) is 13.0 Å². The summed E-state index contributed by atoms with van der Waals surface area (Å²) in [6.07, 6.45) is 7.99. The molecular weight excluding hydrogens is 280 g/mol. The zero-order valence-corrected chi connectivity index (χ0v) is 13.0. The average molecular weight is 302 g/mol. The van der Waals surface area contributed by atoms with E-state index in [1.165, 1.54) is 0 Å². The molecule has 2 rings (SSSR count). The molecule has 0 bridgehead atoms. The highest BCUT2D eigenvalue weighted by molar-refractivity contribution is 5.11. The minimum atomic E-state index is 0.0855. The van der Waals surface area contributed by atoms with Crippen molar-refractivity contribution in [3.8, 4) is 6.01 Å². The van der Waals surface area contributed by atoms with Gasteiger partial charge in [0, 0.05) is 49.5 Å². The highest BCUT2D eigenvalue weighted by atomic mass is 16.5. The zero-order chi connectivity index (χ0) is 15.8. The van der Waals surface area contributed by atoms with Crippen LogP contribution in [0.15, 0.2) is 36.9 Å². The molecule has 0 saturated heterocycles. The van der Waals surface area contributed by atoms with Crippen molar-refractivity contribution >= 4 is 0 Å². The van der Waals surface area contributed by atoms with Crippen LogP contribution in [0.25, 0.3) is 0 Å². The predicted octanol–water partition coefficient (Wildman–Crippen LogP) is 1.65. The van der Waals surface area contributed by atoms with Crippen molar-refractivity contribution in [1.82, 2.24) is 19.9 Å². The first-order valence-corrected chi connectivity index (χ1v) is 7.35. The number of pyridine rings is 1. The van der Waals surface area contributed by atoms with Crippen molar-refractivity contribution in [2.45, 2.75) is 32.5 Å². The molecule has 0 aliphatic rings. The molecular formula is C16H22N4O2. The topological polar surface area (TPSA) is 71.4 Å². The van der Waals surface area contributed by atoms with E-state index in [-0.39, 0.29) is 12.6 Å². The van der Waals surface area contributed by atoms with Gasteiger partial charge in [0.25, 0.3) is 0 Å². The average Bonchev–Trinajstić information content (AvgIpc) is 2.57. The lowest BCUT2D eigenvalue weighted by atomic mass is 10.1. The van der Waals surface area contributed by atoms with Gasteiger partial charge in [-0.25, -0.2) is 9.97 Å². The lowest BCUT2D eigenvalue weighted by Gasteiger charge is -2.29. The van der Waals surface area contributed by atoms with Crippen LogP contribution in [0.1, 0.15) is 24.5 Å². The summed E-state index contributed by atoms with van der Waals surface area (Å²) < 4.78 is 4.98. The number of aromatic nitrogens is 3. The summed E-state index contributed by atoms with van der Waals surface area (Å²) in [7, 11) is 1.54. The van der Waals surface area contributed by atoms with Gasteiger partial charge < -0.3 is 9.84 Å². The first-order valence-electron chi connectivity index (χ1n) is 7.35. The number of aliphatic hydroxyl groups is 1. The molecule has 6 nitrogen and oxygen atoms in total. The summed E-state index contributed by atoms with van der Waals surface area (Å²) in [6.45, 7) is 3.58. The van der Waals surface area contributed by atoms with Gasteiger partial charge in [0.15, 0.2) is 0 Å². The van der Waals surface area contributed by atoms with Crippen LogP contribution in [0.5, 0.6) is 6.01 Å². The second-order valence-corrected chi connectivity index (χ2v) is 5.09. The maximum absolute atomic E-state index is 9.63. The maximum atomic E-state index is 9.63. The summed E-state index contributed by atoms with van der Waals surface area (Å²) in [5, 5.41) is 9.63. The third kappa shape index (κ3) is 4.47. The van der Waals surface area contributed by atoms with Crippen molar-refractivity contribution in [2.75, 3.05) is 13.7 Å². The lowest BCUT2D eigenvalue weighted by Crippen LogP contribution is -2.36. The molecule has 0 unspecified atom stereocenters. The first kappa shape index (κ1) is 16.3. The van der Waals surface area contributed by atoms with Crippen molar-refractivity contribution in [2.24, 2.45) is 0 Å². The molecule has 0 aromatic carbocycles. The third-order valence-electron chi connectivity index (χ3n) is 3.56. The molecule has 0 aliphatic heterocycles. The molecule has 0 fully saturated rings. The zero-order valence-electron chi connectivity index (χ0n) is 13.0. The molecule has 0 aliphatic carbocycles. The Morgan fingerprint density at radius 1 is 1.18 bits per heavy atom. The van der Waals surface area contributed by atoms with Crippen molar-refractivity contribution in [3.05, 3.63) is 48.0 Å². The molecule has 0 spiro atoms. The Labute approximate surface area is 130 Å². The van der Waals surface area contributed by atoms with E-state index < -0.39 is 0 Å². The molecule has 0 saturated carbocycles. The van der Waals surface area contributed by atoms with E-state index in [0.29, 0.717) is 12.6 Å². The van der Waals surface area contributed by atoms with Crippen LogP contribution < -0.4 is 4.74 Å².